The molecule has 0 atom stereocenters. The number of carbonyl (C=O) groups excluding carboxylic acids is 1. The summed E-state index contributed by atoms with van der Waals surface area (Å²) < 4.78 is 0. The van der Waals surface area contributed by atoms with Crippen molar-refractivity contribution in [2.45, 2.75) is 13.5 Å². The van der Waals surface area contributed by atoms with E-state index in [1.807, 2.05) is 25.1 Å². The predicted octanol–water partition coefficient (Wildman–Crippen LogP) is 2.07. The minimum absolute atomic E-state index is 0.0322. The van der Waals surface area contributed by atoms with Crippen LogP contribution >= 0.6 is 0 Å². The zero-order chi connectivity index (χ0) is 12.8. The first-order chi connectivity index (χ1) is 8.81. The van der Waals surface area contributed by atoms with Crippen LogP contribution in [-0.4, -0.2) is 19.0 Å². The van der Waals surface area contributed by atoms with E-state index < -0.39 is 0 Å². The van der Waals surface area contributed by atoms with Crippen LogP contribution in [-0.2, 0) is 11.3 Å². The van der Waals surface area contributed by atoms with E-state index in [1.165, 1.54) is 10.8 Å². The van der Waals surface area contributed by atoms with E-state index in [0.717, 1.165) is 12.1 Å². The highest BCUT2D eigenvalue weighted by atomic mass is 16.1. The second-order valence-corrected chi connectivity index (χ2v) is 4.20. The molecule has 3 nitrogen and oxygen atoms in total. The maximum absolute atomic E-state index is 11.5. The molecule has 18 heavy (non-hydrogen) atoms. The van der Waals surface area contributed by atoms with Gasteiger partial charge in [0, 0.05) is 6.54 Å². The van der Waals surface area contributed by atoms with Gasteiger partial charge in [-0.05, 0) is 22.9 Å². The molecule has 3 heteroatoms. The van der Waals surface area contributed by atoms with Crippen LogP contribution in [0.25, 0.3) is 10.8 Å². The molecule has 0 unspecified atom stereocenters. The molecule has 2 N–H and O–H groups in total. The van der Waals surface area contributed by atoms with Crippen molar-refractivity contribution in [2.24, 2.45) is 0 Å². The van der Waals surface area contributed by atoms with E-state index in [0.29, 0.717) is 13.1 Å². The summed E-state index contributed by atoms with van der Waals surface area (Å²) in [7, 11) is 0. The zero-order valence-corrected chi connectivity index (χ0v) is 10.6. The van der Waals surface area contributed by atoms with Gasteiger partial charge in [0.25, 0.3) is 0 Å². The molecule has 0 bridgehead atoms. The van der Waals surface area contributed by atoms with Crippen molar-refractivity contribution < 1.29 is 4.79 Å². The van der Waals surface area contributed by atoms with E-state index in [1.54, 1.807) is 0 Å². The van der Waals surface area contributed by atoms with E-state index >= 15 is 0 Å². The molecule has 0 saturated heterocycles. The number of nitrogens with one attached hydrogen (secondary N) is 2. The smallest absolute Gasteiger partial charge is 0.234 e. The first-order valence-corrected chi connectivity index (χ1v) is 6.25. The van der Waals surface area contributed by atoms with Crippen LogP contribution in [0, 0.1) is 0 Å². The van der Waals surface area contributed by atoms with Gasteiger partial charge in [0.15, 0.2) is 0 Å². The SMILES string of the molecule is CCNCC(=O)NCc1cccc2ccccc12. The molecule has 0 radical (unpaired) electrons. The minimum Gasteiger partial charge on any atom is -0.351 e. The molecule has 0 heterocycles. The molecule has 2 aromatic carbocycles. The Hall–Kier alpha value is -1.87. The molecule has 94 valence electrons. The number of carbonyl (C=O) groups is 1. The summed E-state index contributed by atoms with van der Waals surface area (Å²) in [6.45, 7) is 3.74. The Morgan fingerprint density at radius 2 is 1.89 bits per heavy atom. The summed E-state index contributed by atoms with van der Waals surface area (Å²) in [5.41, 5.74) is 1.15. The lowest BCUT2D eigenvalue weighted by Gasteiger charge is -2.08. The van der Waals surface area contributed by atoms with Crippen molar-refractivity contribution in [1.82, 2.24) is 10.6 Å². The second-order valence-electron chi connectivity index (χ2n) is 4.20. The Morgan fingerprint density at radius 1 is 1.11 bits per heavy atom. The van der Waals surface area contributed by atoms with E-state index in [4.69, 9.17) is 0 Å². The number of amides is 1. The third-order valence-corrected chi connectivity index (χ3v) is 2.89. The topological polar surface area (TPSA) is 41.1 Å². The molecule has 0 aliphatic rings. The van der Waals surface area contributed by atoms with Crippen LogP contribution in [0.15, 0.2) is 42.5 Å². The lowest BCUT2D eigenvalue weighted by Crippen LogP contribution is -2.33. The van der Waals surface area contributed by atoms with Crippen molar-refractivity contribution in [3.63, 3.8) is 0 Å². The Kier molecular flexibility index (Phi) is 4.31. The minimum atomic E-state index is 0.0322. The predicted molar refractivity (Wildman–Crippen MR) is 74.3 cm³/mol. The van der Waals surface area contributed by atoms with Gasteiger partial charge in [-0.1, -0.05) is 49.4 Å². The number of hydrogen-bond donors (Lipinski definition) is 2. The van der Waals surface area contributed by atoms with Gasteiger partial charge in [-0.25, -0.2) is 0 Å². The number of likely N-dealkylation sites (N-methyl/N-ethyl adjacent to an activating group) is 1. The number of rotatable bonds is 5. The van der Waals surface area contributed by atoms with Gasteiger partial charge >= 0.3 is 0 Å². The fraction of sp³-hybridized carbons (Fsp3) is 0.267. The van der Waals surface area contributed by atoms with Crippen molar-refractivity contribution >= 4 is 16.7 Å². The van der Waals surface area contributed by atoms with Crippen molar-refractivity contribution in [3.05, 3.63) is 48.0 Å². The van der Waals surface area contributed by atoms with Gasteiger partial charge in [-0.3, -0.25) is 4.79 Å². The third-order valence-electron chi connectivity index (χ3n) is 2.89. The normalized spacial score (nSPS) is 10.5. The van der Waals surface area contributed by atoms with Crippen LogP contribution in [0.2, 0.25) is 0 Å². The zero-order valence-electron chi connectivity index (χ0n) is 10.6. The number of fused-ring (bicyclic) bond motifs is 1. The summed E-state index contributed by atoms with van der Waals surface area (Å²) >= 11 is 0. The Labute approximate surface area is 107 Å². The van der Waals surface area contributed by atoms with Gasteiger partial charge in [-0.2, -0.15) is 0 Å². The van der Waals surface area contributed by atoms with Gasteiger partial charge < -0.3 is 10.6 Å². The molecule has 2 rings (SSSR count). The molecule has 0 spiro atoms. The summed E-state index contributed by atoms with van der Waals surface area (Å²) in [6.07, 6.45) is 0. The lowest BCUT2D eigenvalue weighted by atomic mass is 10.0. The largest absolute Gasteiger partial charge is 0.351 e. The van der Waals surface area contributed by atoms with Crippen LogP contribution in [0.5, 0.6) is 0 Å². The summed E-state index contributed by atoms with van der Waals surface area (Å²) in [6, 6.07) is 14.4. The molecule has 0 aromatic heterocycles. The summed E-state index contributed by atoms with van der Waals surface area (Å²) in [5.74, 6) is 0.0322. The van der Waals surface area contributed by atoms with Gasteiger partial charge in [0.2, 0.25) is 5.91 Å². The fourth-order valence-corrected chi connectivity index (χ4v) is 1.94. The average Bonchev–Trinajstić information content (AvgIpc) is 2.42. The molecule has 0 saturated carbocycles. The van der Waals surface area contributed by atoms with Crippen molar-refractivity contribution in [1.29, 1.82) is 0 Å². The van der Waals surface area contributed by atoms with Gasteiger partial charge in [0.05, 0.1) is 6.54 Å². The molecule has 0 aliphatic carbocycles. The highest BCUT2D eigenvalue weighted by molar-refractivity contribution is 5.86. The lowest BCUT2D eigenvalue weighted by molar-refractivity contribution is -0.120. The molecule has 0 fully saturated rings. The maximum atomic E-state index is 11.5. The highest BCUT2D eigenvalue weighted by Gasteiger charge is 2.02. The average molecular weight is 242 g/mol. The monoisotopic (exact) mass is 242 g/mol. The van der Waals surface area contributed by atoms with Crippen LogP contribution in [0.3, 0.4) is 0 Å². The first kappa shape index (κ1) is 12.6. The Bertz CT molecular complexity index is 532. The second kappa shape index (κ2) is 6.17. The van der Waals surface area contributed by atoms with Crippen LogP contribution in [0.1, 0.15) is 12.5 Å². The van der Waals surface area contributed by atoms with E-state index in [2.05, 4.69) is 34.9 Å². The summed E-state index contributed by atoms with van der Waals surface area (Å²) in [5, 5.41) is 8.34. The van der Waals surface area contributed by atoms with Gasteiger partial charge in [-0.15, -0.1) is 0 Å². The maximum Gasteiger partial charge on any atom is 0.234 e. The van der Waals surface area contributed by atoms with E-state index in [9.17, 15) is 4.79 Å². The van der Waals surface area contributed by atoms with Crippen LogP contribution < -0.4 is 10.6 Å². The van der Waals surface area contributed by atoms with Crippen molar-refractivity contribution in [3.8, 4) is 0 Å². The molecule has 0 aliphatic heterocycles. The number of hydrogen-bond acceptors (Lipinski definition) is 2. The van der Waals surface area contributed by atoms with Crippen LogP contribution in [0.4, 0.5) is 0 Å². The molecular weight excluding hydrogens is 224 g/mol. The molecule has 1 amide bonds. The standard InChI is InChI=1S/C15H18N2O/c1-2-16-11-15(18)17-10-13-8-5-7-12-6-3-4-9-14(12)13/h3-9,16H,2,10-11H2,1H3,(H,17,18). The number of benzene rings is 2. The van der Waals surface area contributed by atoms with Crippen molar-refractivity contribution in [2.75, 3.05) is 13.1 Å². The quantitative estimate of drug-likeness (QED) is 0.842. The van der Waals surface area contributed by atoms with E-state index in [-0.39, 0.29) is 5.91 Å². The Morgan fingerprint density at radius 3 is 2.72 bits per heavy atom. The first-order valence-electron chi connectivity index (χ1n) is 6.25. The fourth-order valence-electron chi connectivity index (χ4n) is 1.94. The summed E-state index contributed by atoms with van der Waals surface area (Å²) in [4.78, 5) is 11.5. The highest BCUT2D eigenvalue weighted by Crippen LogP contribution is 2.17. The molecule has 2 aromatic rings. The third kappa shape index (κ3) is 3.08. The Balaban J connectivity index is 2.05. The van der Waals surface area contributed by atoms with Gasteiger partial charge in [0.1, 0.15) is 0 Å². The molecular formula is C15H18N2O.